The van der Waals surface area contributed by atoms with Gasteiger partial charge in [-0.15, -0.1) is 0 Å². The number of hydrogen-bond donors (Lipinski definition) is 4. The quantitative estimate of drug-likeness (QED) is 0.553. The molecule has 2 rings (SSSR count). The first-order valence-electron chi connectivity index (χ1n) is 10.0. The molecule has 2 fully saturated rings. The number of nitrogens with one attached hydrogen (secondary N) is 3. The van der Waals surface area contributed by atoms with E-state index in [1.165, 1.54) is 51.5 Å². The molecular formula is C19H40N4. The summed E-state index contributed by atoms with van der Waals surface area (Å²) in [4.78, 5) is 0. The van der Waals surface area contributed by atoms with E-state index in [-0.39, 0.29) is 6.17 Å². The van der Waals surface area contributed by atoms with Gasteiger partial charge in [-0.2, -0.15) is 0 Å². The van der Waals surface area contributed by atoms with Crippen LogP contribution in [0.1, 0.15) is 58.8 Å². The molecule has 0 amide bonds. The fourth-order valence-corrected chi connectivity index (χ4v) is 4.89. The molecule has 1 aliphatic heterocycles. The molecule has 1 aliphatic carbocycles. The lowest BCUT2D eigenvalue weighted by molar-refractivity contribution is 0.117. The van der Waals surface area contributed by atoms with E-state index in [1.54, 1.807) is 0 Å². The van der Waals surface area contributed by atoms with Gasteiger partial charge in [0.2, 0.25) is 0 Å². The molecule has 0 bridgehead atoms. The second-order valence-corrected chi connectivity index (χ2v) is 7.93. The summed E-state index contributed by atoms with van der Waals surface area (Å²) in [5.41, 5.74) is 6.41. The fourth-order valence-electron chi connectivity index (χ4n) is 4.89. The van der Waals surface area contributed by atoms with E-state index in [2.05, 4.69) is 36.8 Å². The Bertz CT molecular complexity index is 316. The summed E-state index contributed by atoms with van der Waals surface area (Å²) < 4.78 is 0. The van der Waals surface area contributed by atoms with E-state index < -0.39 is 0 Å². The largest absolute Gasteiger partial charge is 0.317 e. The Balaban J connectivity index is 1.82. The molecule has 0 spiro atoms. The van der Waals surface area contributed by atoms with Gasteiger partial charge in [-0.05, 0) is 63.7 Å². The Labute approximate surface area is 143 Å². The first-order valence-corrected chi connectivity index (χ1v) is 10.0. The summed E-state index contributed by atoms with van der Waals surface area (Å²) in [6.07, 6.45) is 9.73. The highest BCUT2D eigenvalue weighted by molar-refractivity contribution is 4.92. The van der Waals surface area contributed by atoms with Gasteiger partial charge >= 0.3 is 0 Å². The molecule has 4 nitrogen and oxygen atoms in total. The molecule has 5 atom stereocenters. The highest BCUT2D eigenvalue weighted by Gasteiger charge is 2.36. The van der Waals surface area contributed by atoms with E-state index in [0.717, 1.165) is 19.0 Å². The SMILES string of the molecule is CCC(CNCC1CCCCC1)[C@@H](C)C1C(N)NCCC1NC. The smallest absolute Gasteiger partial charge is 0.0593 e. The molecule has 1 saturated carbocycles. The summed E-state index contributed by atoms with van der Waals surface area (Å²) >= 11 is 0. The van der Waals surface area contributed by atoms with Crippen molar-refractivity contribution in [2.75, 3.05) is 26.7 Å². The van der Waals surface area contributed by atoms with E-state index >= 15 is 0 Å². The van der Waals surface area contributed by atoms with E-state index in [4.69, 9.17) is 5.73 Å². The van der Waals surface area contributed by atoms with Crippen LogP contribution in [-0.4, -0.2) is 38.9 Å². The lowest BCUT2D eigenvalue weighted by Crippen LogP contribution is -2.60. The minimum atomic E-state index is 0.128. The third-order valence-corrected chi connectivity index (χ3v) is 6.52. The Kier molecular flexibility index (Phi) is 8.31. The van der Waals surface area contributed by atoms with Crippen LogP contribution in [0.4, 0.5) is 0 Å². The maximum Gasteiger partial charge on any atom is 0.0593 e. The van der Waals surface area contributed by atoms with E-state index in [9.17, 15) is 0 Å². The molecule has 2 aliphatic rings. The van der Waals surface area contributed by atoms with Gasteiger partial charge in [0.1, 0.15) is 0 Å². The van der Waals surface area contributed by atoms with Crippen molar-refractivity contribution in [2.45, 2.75) is 71.0 Å². The predicted octanol–water partition coefficient (Wildman–Crippen LogP) is 2.30. The van der Waals surface area contributed by atoms with Crippen molar-refractivity contribution in [3.05, 3.63) is 0 Å². The van der Waals surface area contributed by atoms with Crippen LogP contribution < -0.4 is 21.7 Å². The lowest BCUT2D eigenvalue weighted by atomic mass is 9.74. The van der Waals surface area contributed by atoms with Crippen LogP contribution in [-0.2, 0) is 0 Å². The van der Waals surface area contributed by atoms with Crippen molar-refractivity contribution in [2.24, 2.45) is 29.4 Å². The summed E-state index contributed by atoms with van der Waals surface area (Å²) in [6, 6.07) is 0.550. The van der Waals surface area contributed by atoms with Gasteiger partial charge < -0.3 is 21.7 Å². The summed E-state index contributed by atoms with van der Waals surface area (Å²) in [5, 5.41) is 10.8. The van der Waals surface area contributed by atoms with E-state index in [1.807, 2.05) is 0 Å². The Morgan fingerprint density at radius 3 is 2.57 bits per heavy atom. The predicted molar refractivity (Wildman–Crippen MR) is 99.3 cm³/mol. The zero-order valence-corrected chi connectivity index (χ0v) is 15.6. The molecule has 0 radical (unpaired) electrons. The molecule has 4 unspecified atom stereocenters. The molecule has 4 heteroatoms. The average molecular weight is 325 g/mol. The van der Waals surface area contributed by atoms with Gasteiger partial charge in [0.15, 0.2) is 0 Å². The Morgan fingerprint density at radius 2 is 1.91 bits per heavy atom. The normalized spacial score (nSPS) is 32.6. The molecular weight excluding hydrogens is 284 g/mol. The molecule has 5 N–H and O–H groups in total. The summed E-state index contributed by atoms with van der Waals surface area (Å²) in [5.74, 6) is 2.79. The Hall–Kier alpha value is -0.160. The van der Waals surface area contributed by atoms with E-state index in [0.29, 0.717) is 23.8 Å². The minimum Gasteiger partial charge on any atom is -0.317 e. The van der Waals surface area contributed by atoms with Crippen LogP contribution in [0, 0.1) is 23.7 Å². The van der Waals surface area contributed by atoms with Crippen molar-refractivity contribution < 1.29 is 0 Å². The van der Waals surface area contributed by atoms with Crippen LogP contribution in [0.25, 0.3) is 0 Å². The first-order chi connectivity index (χ1) is 11.2. The molecule has 136 valence electrons. The van der Waals surface area contributed by atoms with Crippen LogP contribution in [0.2, 0.25) is 0 Å². The Morgan fingerprint density at radius 1 is 1.17 bits per heavy atom. The van der Waals surface area contributed by atoms with Gasteiger partial charge in [0, 0.05) is 12.0 Å². The first kappa shape index (κ1) is 19.2. The summed E-state index contributed by atoms with van der Waals surface area (Å²) in [7, 11) is 2.09. The minimum absolute atomic E-state index is 0.128. The highest BCUT2D eigenvalue weighted by atomic mass is 15.1. The van der Waals surface area contributed by atoms with Crippen molar-refractivity contribution in [1.82, 2.24) is 16.0 Å². The van der Waals surface area contributed by atoms with Gasteiger partial charge in [0.05, 0.1) is 6.17 Å². The summed E-state index contributed by atoms with van der Waals surface area (Å²) in [6.45, 7) is 8.14. The number of piperidine rings is 1. The molecule has 0 aromatic carbocycles. The third kappa shape index (κ3) is 5.42. The zero-order chi connectivity index (χ0) is 16.7. The number of rotatable bonds is 8. The van der Waals surface area contributed by atoms with Crippen molar-refractivity contribution in [3.8, 4) is 0 Å². The van der Waals surface area contributed by atoms with Gasteiger partial charge in [-0.1, -0.05) is 39.5 Å². The fraction of sp³-hybridized carbons (Fsp3) is 1.00. The monoisotopic (exact) mass is 324 g/mol. The molecule has 23 heavy (non-hydrogen) atoms. The van der Waals surface area contributed by atoms with Crippen LogP contribution in [0.3, 0.4) is 0 Å². The van der Waals surface area contributed by atoms with Crippen LogP contribution in [0.5, 0.6) is 0 Å². The standard InChI is InChI=1S/C19H40N4/c1-4-16(13-22-12-15-8-6-5-7-9-15)14(2)18-17(21-3)10-11-23-19(18)20/h14-19,21-23H,4-13,20H2,1-3H3/t14-,16?,17?,18?,19?/m1/s1. The highest BCUT2D eigenvalue weighted by Crippen LogP contribution is 2.30. The van der Waals surface area contributed by atoms with Crippen molar-refractivity contribution in [1.29, 1.82) is 0 Å². The number of nitrogens with two attached hydrogens (primary N) is 1. The van der Waals surface area contributed by atoms with Gasteiger partial charge in [-0.3, -0.25) is 0 Å². The zero-order valence-electron chi connectivity index (χ0n) is 15.6. The third-order valence-electron chi connectivity index (χ3n) is 6.52. The maximum atomic E-state index is 6.41. The molecule has 0 aromatic heterocycles. The van der Waals surface area contributed by atoms with Crippen LogP contribution >= 0.6 is 0 Å². The van der Waals surface area contributed by atoms with Crippen LogP contribution in [0.15, 0.2) is 0 Å². The second kappa shape index (κ2) is 9.97. The topological polar surface area (TPSA) is 62.1 Å². The van der Waals surface area contributed by atoms with Gasteiger partial charge in [0.25, 0.3) is 0 Å². The van der Waals surface area contributed by atoms with Crippen molar-refractivity contribution >= 4 is 0 Å². The maximum absolute atomic E-state index is 6.41. The van der Waals surface area contributed by atoms with Gasteiger partial charge in [-0.25, -0.2) is 0 Å². The molecule has 0 aromatic rings. The second-order valence-electron chi connectivity index (χ2n) is 7.93. The molecule has 1 saturated heterocycles. The molecule has 1 heterocycles. The average Bonchev–Trinajstić information content (AvgIpc) is 2.59. The number of hydrogen-bond acceptors (Lipinski definition) is 4. The van der Waals surface area contributed by atoms with Crippen molar-refractivity contribution in [3.63, 3.8) is 0 Å². The lowest BCUT2D eigenvalue weighted by Gasteiger charge is -2.43.